The summed E-state index contributed by atoms with van der Waals surface area (Å²) in [6.07, 6.45) is 0.538. The second-order valence-electron chi connectivity index (χ2n) is 5.61. The molecule has 0 spiro atoms. The summed E-state index contributed by atoms with van der Waals surface area (Å²) in [5.74, 6) is 0.681. The largest absolute Gasteiger partial charge is 0.491 e. The summed E-state index contributed by atoms with van der Waals surface area (Å²) >= 11 is 0. The molecule has 0 radical (unpaired) electrons. The van der Waals surface area contributed by atoms with Crippen LogP contribution in [0.1, 0.15) is 34.1 Å². The van der Waals surface area contributed by atoms with E-state index < -0.39 is 0 Å². The normalized spacial score (nSPS) is 10.6. The van der Waals surface area contributed by atoms with Crippen LogP contribution in [0.4, 0.5) is 5.69 Å². The lowest BCUT2D eigenvalue weighted by Crippen LogP contribution is -2.33. The third kappa shape index (κ3) is 7.34. The molecule has 0 aromatic heterocycles. The van der Waals surface area contributed by atoms with Gasteiger partial charge in [-0.25, -0.2) is 0 Å². The van der Waals surface area contributed by atoms with Crippen molar-refractivity contribution in [2.45, 2.75) is 40.2 Å². The SMILES string of the molecule is CC(C)CC(=O)NCC(=O)Nc1ccc(OC(C)C)cc1. The molecule has 0 bridgehead atoms. The van der Waals surface area contributed by atoms with Gasteiger partial charge in [-0.05, 0) is 44.0 Å². The molecule has 0 aliphatic heterocycles. The highest BCUT2D eigenvalue weighted by Crippen LogP contribution is 2.16. The van der Waals surface area contributed by atoms with E-state index >= 15 is 0 Å². The number of ether oxygens (including phenoxy) is 1. The highest BCUT2D eigenvalue weighted by Gasteiger charge is 2.07. The molecule has 5 nitrogen and oxygen atoms in total. The second kappa shape index (κ2) is 8.29. The molecule has 5 heteroatoms. The molecule has 0 aliphatic carbocycles. The monoisotopic (exact) mass is 292 g/mol. The van der Waals surface area contributed by atoms with Crippen molar-refractivity contribution in [1.29, 1.82) is 0 Å². The van der Waals surface area contributed by atoms with Crippen molar-refractivity contribution in [3.8, 4) is 5.75 Å². The number of rotatable bonds is 7. The summed E-state index contributed by atoms with van der Waals surface area (Å²) < 4.78 is 5.52. The first-order valence-corrected chi connectivity index (χ1v) is 7.20. The van der Waals surface area contributed by atoms with Crippen LogP contribution in [0.3, 0.4) is 0 Å². The predicted octanol–water partition coefficient (Wildman–Crippen LogP) is 2.57. The van der Waals surface area contributed by atoms with Crippen molar-refractivity contribution >= 4 is 17.5 Å². The number of anilines is 1. The minimum Gasteiger partial charge on any atom is -0.491 e. The van der Waals surface area contributed by atoms with Crippen molar-refractivity contribution < 1.29 is 14.3 Å². The van der Waals surface area contributed by atoms with E-state index in [1.807, 2.05) is 27.7 Å². The van der Waals surface area contributed by atoms with E-state index in [0.29, 0.717) is 12.1 Å². The number of amides is 2. The maximum Gasteiger partial charge on any atom is 0.243 e. The fourth-order valence-corrected chi connectivity index (χ4v) is 1.72. The van der Waals surface area contributed by atoms with E-state index in [1.165, 1.54) is 0 Å². The first-order chi connectivity index (χ1) is 9.86. The lowest BCUT2D eigenvalue weighted by Gasteiger charge is -2.11. The summed E-state index contributed by atoms with van der Waals surface area (Å²) in [6.45, 7) is 7.81. The van der Waals surface area contributed by atoms with E-state index in [9.17, 15) is 9.59 Å². The van der Waals surface area contributed by atoms with Crippen molar-refractivity contribution in [3.63, 3.8) is 0 Å². The first kappa shape index (κ1) is 17.0. The lowest BCUT2D eigenvalue weighted by molar-refractivity contribution is -0.124. The number of carbonyl (C=O) groups excluding carboxylic acids is 2. The zero-order valence-electron chi connectivity index (χ0n) is 13.1. The summed E-state index contributed by atoms with van der Waals surface area (Å²) in [7, 11) is 0. The molecule has 0 fully saturated rings. The van der Waals surface area contributed by atoms with E-state index in [-0.39, 0.29) is 30.4 Å². The molecular formula is C16H24N2O3. The van der Waals surface area contributed by atoms with Crippen LogP contribution in [0, 0.1) is 5.92 Å². The van der Waals surface area contributed by atoms with E-state index in [2.05, 4.69) is 10.6 Å². The van der Waals surface area contributed by atoms with Gasteiger partial charge in [0, 0.05) is 12.1 Å². The average Bonchev–Trinajstić information content (AvgIpc) is 2.37. The Hall–Kier alpha value is -2.04. The Kier molecular flexibility index (Phi) is 6.72. The molecule has 0 atom stereocenters. The van der Waals surface area contributed by atoms with Crippen molar-refractivity contribution in [2.24, 2.45) is 5.92 Å². The minimum absolute atomic E-state index is 0.0181. The molecule has 1 aromatic carbocycles. The van der Waals surface area contributed by atoms with Gasteiger partial charge in [0.15, 0.2) is 0 Å². The Labute approximate surface area is 126 Å². The van der Waals surface area contributed by atoms with Gasteiger partial charge >= 0.3 is 0 Å². The highest BCUT2D eigenvalue weighted by atomic mass is 16.5. The standard InChI is InChI=1S/C16H24N2O3/c1-11(2)9-15(19)17-10-16(20)18-13-5-7-14(8-6-13)21-12(3)4/h5-8,11-12H,9-10H2,1-4H3,(H,17,19)(H,18,20). The van der Waals surface area contributed by atoms with Crippen LogP contribution in [0.15, 0.2) is 24.3 Å². The number of hydrogen-bond donors (Lipinski definition) is 2. The van der Waals surface area contributed by atoms with Gasteiger partial charge in [0.1, 0.15) is 5.75 Å². The van der Waals surface area contributed by atoms with Crippen LogP contribution < -0.4 is 15.4 Å². The van der Waals surface area contributed by atoms with Crippen molar-refractivity contribution in [3.05, 3.63) is 24.3 Å². The number of carbonyl (C=O) groups is 2. The number of hydrogen-bond acceptors (Lipinski definition) is 3. The maximum absolute atomic E-state index is 11.7. The molecule has 0 heterocycles. The molecule has 2 amide bonds. The van der Waals surface area contributed by atoms with Crippen LogP contribution in [0.2, 0.25) is 0 Å². The molecule has 0 saturated heterocycles. The van der Waals surface area contributed by atoms with Crippen molar-refractivity contribution in [2.75, 3.05) is 11.9 Å². The summed E-state index contributed by atoms with van der Waals surface area (Å²) in [6, 6.07) is 7.14. The van der Waals surface area contributed by atoms with Gasteiger partial charge in [0.2, 0.25) is 11.8 Å². The van der Waals surface area contributed by atoms with Gasteiger partial charge in [-0.1, -0.05) is 13.8 Å². The first-order valence-electron chi connectivity index (χ1n) is 7.20. The van der Waals surface area contributed by atoms with E-state index in [4.69, 9.17) is 4.74 Å². The Morgan fingerprint density at radius 1 is 1.05 bits per heavy atom. The third-order valence-electron chi connectivity index (χ3n) is 2.55. The third-order valence-corrected chi connectivity index (χ3v) is 2.55. The Bertz CT molecular complexity index is 467. The van der Waals surface area contributed by atoms with Gasteiger partial charge < -0.3 is 15.4 Å². The van der Waals surface area contributed by atoms with Crippen LogP contribution >= 0.6 is 0 Å². The summed E-state index contributed by atoms with van der Waals surface area (Å²) in [5.41, 5.74) is 0.675. The fourth-order valence-electron chi connectivity index (χ4n) is 1.72. The molecule has 1 rings (SSSR count). The quantitative estimate of drug-likeness (QED) is 0.811. The minimum atomic E-state index is -0.246. The van der Waals surface area contributed by atoms with Crippen LogP contribution in [-0.4, -0.2) is 24.5 Å². The van der Waals surface area contributed by atoms with Gasteiger partial charge in [-0.3, -0.25) is 9.59 Å². The fraction of sp³-hybridized carbons (Fsp3) is 0.500. The molecule has 116 valence electrons. The maximum atomic E-state index is 11.7. The summed E-state index contributed by atoms with van der Waals surface area (Å²) in [4.78, 5) is 23.2. The number of benzene rings is 1. The predicted molar refractivity (Wildman–Crippen MR) is 83.3 cm³/mol. The topological polar surface area (TPSA) is 67.4 Å². The van der Waals surface area contributed by atoms with Crippen LogP contribution in [-0.2, 0) is 9.59 Å². The van der Waals surface area contributed by atoms with Crippen molar-refractivity contribution in [1.82, 2.24) is 5.32 Å². The lowest BCUT2D eigenvalue weighted by atomic mass is 10.1. The van der Waals surface area contributed by atoms with Gasteiger partial charge in [-0.2, -0.15) is 0 Å². The number of nitrogens with one attached hydrogen (secondary N) is 2. The zero-order valence-corrected chi connectivity index (χ0v) is 13.1. The molecule has 2 N–H and O–H groups in total. The summed E-state index contributed by atoms with van der Waals surface area (Å²) in [5, 5.41) is 5.32. The molecular weight excluding hydrogens is 268 g/mol. The zero-order chi connectivity index (χ0) is 15.8. The van der Waals surface area contributed by atoms with Crippen LogP contribution in [0.5, 0.6) is 5.75 Å². The molecule has 0 unspecified atom stereocenters. The van der Waals surface area contributed by atoms with Crippen LogP contribution in [0.25, 0.3) is 0 Å². The smallest absolute Gasteiger partial charge is 0.243 e. The van der Waals surface area contributed by atoms with Gasteiger partial charge in [-0.15, -0.1) is 0 Å². The molecule has 0 aliphatic rings. The Morgan fingerprint density at radius 3 is 2.19 bits per heavy atom. The Morgan fingerprint density at radius 2 is 1.67 bits per heavy atom. The Balaban J connectivity index is 2.39. The molecule has 1 aromatic rings. The second-order valence-corrected chi connectivity index (χ2v) is 5.61. The average molecular weight is 292 g/mol. The van der Waals surface area contributed by atoms with Gasteiger partial charge in [0.25, 0.3) is 0 Å². The molecule has 0 saturated carbocycles. The molecule has 21 heavy (non-hydrogen) atoms. The highest BCUT2D eigenvalue weighted by molar-refractivity contribution is 5.94. The van der Waals surface area contributed by atoms with E-state index in [1.54, 1.807) is 24.3 Å². The van der Waals surface area contributed by atoms with Gasteiger partial charge in [0.05, 0.1) is 12.6 Å². The van der Waals surface area contributed by atoms with E-state index in [0.717, 1.165) is 5.75 Å².